The zero-order chi connectivity index (χ0) is 26.6. The standard InChI is InChI=1S/C25H28N4O6S2/c1-29-14-24(26-16-29)37(31,32)15-22-21(27-19-7-5-6-8-20(19)28-22)12-17-11-18(33-2)13-23(34-3)25(17)35-9-10-36(4)30/h5-8,11,13-14,16H,9-10,12,15H2,1-4H3. The van der Waals surface area contributed by atoms with E-state index in [-0.39, 0.29) is 23.8 Å². The Morgan fingerprint density at radius 2 is 1.73 bits per heavy atom. The van der Waals surface area contributed by atoms with E-state index < -0.39 is 20.6 Å². The van der Waals surface area contributed by atoms with Gasteiger partial charge in [0.05, 0.1) is 55.3 Å². The number of hydrogen-bond acceptors (Lipinski definition) is 9. The fraction of sp³-hybridized carbons (Fsp3) is 0.320. The van der Waals surface area contributed by atoms with Gasteiger partial charge in [0.2, 0.25) is 9.84 Å². The van der Waals surface area contributed by atoms with Crippen molar-refractivity contribution in [3.63, 3.8) is 0 Å². The van der Waals surface area contributed by atoms with E-state index in [2.05, 4.69) is 9.97 Å². The number of para-hydroxylation sites is 2. The molecule has 0 fully saturated rings. The minimum absolute atomic E-state index is 0.0319. The van der Waals surface area contributed by atoms with Crippen molar-refractivity contribution in [3.8, 4) is 17.2 Å². The Morgan fingerprint density at radius 3 is 2.32 bits per heavy atom. The number of fused-ring (bicyclic) bond motifs is 1. The third-order valence-corrected chi connectivity index (χ3v) is 7.83. The predicted octanol–water partition coefficient (Wildman–Crippen LogP) is 2.70. The molecule has 0 N–H and O–H groups in total. The summed E-state index contributed by atoms with van der Waals surface area (Å²) in [6, 6.07) is 10.8. The Morgan fingerprint density at radius 1 is 1.03 bits per heavy atom. The minimum atomic E-state index is -3.78. The van der Waals surface area contributed by atoms with Gasteiger partial charge in [0.25, 0.3) is 0 Å². The highest BCUT2D eigenvalue weighted by molar-refractivity contribution is 7.90. The summed E-state index contributed by atoms with van der Waals surface area (Å²) in [6.07, 6.45) is 4.70. The smallest absolute Gasteiger partial charge is 0.202 e. The summed E-state index contributed by atoms with van der Waals surface area (Å²) >= 11 is 0. The molecule has 37 heavy (non-hydrogen) atoms. The molecule has 2 aromatic carbocycles. The van der Waals surface area contributed by atoms with Gasteiger partial charge in [-0.15, -0.1) is 0 Å². The van der Waals surface area contributed by atoms with Crippen LogP contribution in [0.15, 0.2) is 53.9 Å². The Labute approximate surface area is 218 Å². The maximum Gasteiger partial charge on any atom is 0.202 e. The summed E-state index contributed by atoms with van der Waals surface area (Å²) in [4.78, 5) is 13.5. The maximum absolute atomic E-state index is 13.2. The lowest BCUT2D eigenvalue weighted by Gasteiger charge is -2.17. The van der Waals surface area contributed by atoms with E-state index in [1.165, 1.54) is 19.6 Å². The van der Waals surface area contributed by atoms with Crippen LogP contribution in [0.25, 0.3) is 11.0 Å². The van der Waals surface area contributed by atoms with E-state index in [1.807, 2.05) is 18.2 Å². The van der Waals surface area contributed by atoms with Gasteiger partial charge < -0.3 is 18.8 Å². The molecule has 10 nitrogen and oxygen atoms in total. The van der Waals surface area contributed by atoms with Gasteiger partial charge in [-0.2, -0.15) is 0 Å². The summed E-state index contributed by atoms with van der Waals surface area (Å²) in [6.45, 7) is 0.211. The summed E-state index contributed by atoms with van der Waals surface area (Å²) in [5.41, 5.74) is 2.67. The van der Waals surface area contributed by atoms with Crippen molar-refractivity contribution in [3.05, 3.63) is 65.9 Å². The van der Waals surface area contributed by atoms with Crippen LogP contribution < -0.4 is 14.2 Å². The molecule has 196 valence electrons. The average Bonchev–Trinajstić information content (AvgIpc) is 3.32. The van der Waals surface area contributed by atoms with Crippen LogP contribution in [0, 0.1) is 0 Å². The number of rotatable bonds is 11. The van der Waals surface area contributed by atoms with E-state index in [0.29, 0.717) is 51.0 Å². The van der Waals surface area contributed by atoms with Crippen molar-refractivity contribution in [1.82, 2.24) is 19.5 Å². The number of nitrogens with zero attached hydrogens (tertiary/aromatic N) is 4. The molecule has 0 saturated carbocycles. The molecule has 4 aromatic rings. The molecule has 12 heteroatoms. The molecular weight excluding hydrogens is 516 g/mol. The Balaban J connectivity index is 1.81. The van der Waals surface area contributed by atoms with E-state index in [0.717, 1.165) is 0 Å². The Bertz CT molecular complexity index is 1550. The monoisotopic (exact) mass is 544 g/mol. The second-order valence-electron chi connectivity index (χ2n) is 8.36. The largest absolute Gasteiger partial charge is 0.497 e. The van der Waals surface area contributed by atoms with Crippen LogP contribution in [0.3, 0.4) is 0 Å². The predicted molar refractivity (Wildman–Crippen MR) is 140 cm³/mol. The Kier molecular flexibility index (Phi) is 8.08. The zero-order valence-corrected chi connectivity index (χ0v) is 22.6. The summed E-state index contributed by atoms with van der Waals surface area (Å²) in [5.74, 6) is 1.39. The number of methoxy groups -OCH3 is 2. The summed E-state index contributed by atoms with van der Waals surface area (Å²) in [5, 5.41) is -0.0319. The van der Waals surface area contributed by atoms with Gasteiger partial charge in [0.1, 0.15) is 11.5 Å². The number of benzene rings is 2. The van der Waals surface area contributed by atoms with Crippen molar-refractivity contribution >= 4 is 31.7 Å². The van der Waals surface area contributed by atoms with Crippen LogP contribution >= 0.6 is 0 Å². The van der Waals surface area contributed by atoms with Crippen molar-refractivity contribution in [2.24, 2.45) is 7.05 Å². The first-order valence-corrected chi connectivity index (χ1v) is 14.7. The molecule has 2 heterocycles. The average molecular weight is 545 g/mol. The zero-order valence-electron chi connectivity index (χ0n) is 21.0. The molecule has 0 aliphatic rings. The molecular formula is C25H28N4O6S2. The highest BCUT2D eigenvalue weighted by atomic mass is 32.2. The molecule has 0 bridgehead atoms. The number of imidazole rings is 1. The SMILES string of the molecule is COc1cc(Cc2nc3ccccc3nc2CS(=O)(=O)c2cn(C)cn2)c(OCCS(C)=O)c(OC)c1. The van der Waals surface area contributed by atoms with E-state index in [4.69, 9.17) is 19.2 Å². The summed E-state index contributed by atoms with van der Waals surface area (Å²) in [7, 11) is -0.0502. The van der Waals surface area contributed by atoms with Crippen molar-refractivity contribution in [2.75, 3.05) is 32.8 Å². The molecule has 0 radical (unpaired) electrons. The number of aromatic nitrogens is 4. The minimum Gasteiger partial charge on any atom is -0.497 e. The highest BCUT2D eigenvalue weighted by Crippen LogP contribution is 2.37. The van der Waals surface area contributed by atoms with Crippen molar-refractivity contribution < 1.29 is 26.8 Å². The van der Waals surface area contributed by atoms with Gasteiger partial charge >= 0.3 is 0 Å². The van der Waals surface area contributed by atoms with E-state index in [1.54, 1.807) is 43.2 Å². The first-order valence-electron chi connectivity index (χ1n) is 11.3. The van der Waals surface area contributed by atoms with Gasteiger partial charge in [-0.25, -0.2) is 23.4 Å². The fourth-order valence-corrected chi connectivity index (χ4v) is 5.36. The second-order valence-corrected chi connectivity index (χ2v) is 11.9. The molecule has 0 aliphatic carbocycles. The number of sulfone groups is 1. The molecule has 0 spiro atoms. The Hall–Kier alpha value is -3.51. The fourth-order valence-electron chi connectivity index (χ4n) is 3.77. The van der Waals surface area contributed by atoms with Crippen LogP contribution in [0.1, 0.15) is 17.0 Å². The molecule has 0 saturated heterocycles. The van der Waals surface area contributed by atoms with Crippen LogP contribution in [0.4, 0.5) is 0 Å². The van der Waals surface area contributed by atoms with Gasteiger partial charge in [0, 0.05) is 48.4 Å². The van der Waals surface area contributed by atoms with Gasteiger partial charge in [-0.05, 0) is 18.2 Å². The van der Waals surface area contributed by atoms with Gasteiger partial charge in [0.15, 0.2) is 16.5 Å². The molecule has 1 unspecified atom stereocenters. The lowest BCUT2D eigenvalue weighted by atomic mass is 10.1. The number of aryl methyl sites for hydroxylation is 1. The lowest BCUT2D eigenvalue weighted by Crippen LogP contribution is -2.13. The molecule has 4 rings (SSSR count). The van der Waals surface area contributed by atoms with Crippen molar-refractivity contribution in [2.45, 2.75) is 17.2 Å². The van der Waals surface area contributed by atoms with Crippen LogP contribution in [-0.2, 0) is 39.9 Å². The second kappa shape index (κ2) is 11.3. The number of ether oxygens (including phenoxy) is 3. The lowest BCUT2D eigenvalue weighted by molar-refractivity contribution is 0.307. The highest BCUT2D eigenvalue weighted by Gasteiger charge is 2.24. The molecule has 0 aliphatic heterocycles. The summed E-state index contributed by atoms with van der Waals surface area (Å²) < 4.78 is 56.5. The van der Waals surface area contributed by atoms with Gasteiger partial charge in [-0.3, -0.25) is 4.21 Å². The van der Waals surface area contributed by atoms with Gasteiger partial charge in [-0.1, -0.05) is 12.1 Å². The van der Waals surface area contributed by atoms with Crippen LogP contribution in [0.5, 0.6) is 17.2 Å². The third kappa shape index (κ3) is 6.25. The van der Waals surface area contributed by atoms with Crippen molar-refractivity contribution in [1.29, 1.82) is 0 Å². The van der Waals surface area contributed by atoms with E-state index in [9.17, 15) is 12.6 Å². The molecule has 2 aromatic heterocycles. The number of hydrogen-bond donors (Lipinski definition) is 0. The van der Waals surface area contributed by atoms with Crippen LogP contribution in [-0.4, -0.2) is 65.0 Å². The molecule has 1 atom stereocenters. The normalized spacial score (nSPS) is 12.4. The quantitative estimate of drug-likeness (QED) is 0.280. The van der Waals surface area contributed by atoms with Crippen LogP contribution in [0.2, 0.25) is 0 Å². The molecule has 0 amide bonds. The maximum atomic E-state index is 13.2. The first-order chi connectivity index (χ1) is 17.7. The third-order valence-electron chi connectivity index (χ3n) is 5.59. The van der Waals surface area contributed by atoms with E-state index >= 15 is 0 Å². The first kappa shape index (κ1) is 26.6. The topological polar surface area (TPSA) is 123 Å².